The number of methoxy groups -OCH3 is 1. The molecule has 2 aromatic rings. The first-order valence-corrected chi connectivity index (χ1v) is 9.04. The third kappa shape index (κ3) is 5.08. The molecule has 0 unspecified atom stereocenters. The first-order chi connectivity index (χ1) is 12.5. The third-order valence-electron chi connectivity index (χ3n) is 3.90. The maximum absolute atomic E-state index is 12.7. The zero-order chi connectivity index (χ0) is 19.1. The maximum atomic E-state index is 12.7. The summed E-state index contributed by atoms with van der Waals surface area (Å²) in [5.41, 5.74) is 1.48. The van der Waals surface area contributed by atoms with E-state index in [9.17, 15) is 9.59 Å². The van der Waals surface area contributed by atoms with Crippen LogP contribution in [-0.4, -0.2) is 36.9 Å². The topological polar surface area (TPSA) is 55.8 Å². The number of hydrogen-bond acceptors (Lipinski definition) is 4. The van der Waals surface area contributed by atoms with E-state index in [1.807, 2.05) is 44.2 Å². The Balaban J connectivity index is 2.11. The predicted molar refractivity (Wildman–Crippen MR) is 104 cm³/mol. The number of hydrogen-bond donors (Lipinski definition) is 0. The van der Waals surface area contributed by atoms with Crippen LogP contribution >= 0.6 is 15.9 Å². The number of halogens is 1. The molecule has 5 nitrogen and oxygen atoms in total. The van der Waals surface area contributed by atoms with Gasteiger partial charge in [-0.2, -0.15) is 0 Å². The molecule has 2 aromatic carbocycles. The van der Waals surface area contributed by atoms with E-state index in [0.29, 0.717) is 34.4 Å². The van der Waals surface area contributed by atoms with Crippen molar-refractivity contribution in [2.45, 2.75) is 26.4 Å². The molecule has 0 heterocycles. The first-order valence-electron chi connectivity index (χ1n) is 8.25. The van der Waals surface area contributed by atoms with Crippen LogP contribution in [0, 0.1) is 0 Å². The Hall–Kier alpha value is -2.34. The van der Waals surface area contributed by atoms with Crippen molar-refractivity contribution in [2.24, 2.45) is 0 Å². The van der Waals surface area contributed by atoms with Crippen LogP contribution in [0.1, 0.15) is 29.8 Å². The van der Waals surface area contributed by atoms with Gasteiger partial charge in [0.15, 0.2) is 24.4 Å². The van der Waals surface area contributed by atoms with Crippen LogP contribution in [0.5, 0.6) is 11.5 Å². The molecule has 1 amide bonds. The lowest BCUT2D eigenvalue weighted by atomic mass is 10.2. The Labute approximate surface area is 162 Å². The summed E-state index contributed by atoms with van der Waals surface area (Å²) in [4.78, 5) is 25.5. The van der Waals surface area contributed by atoms with Gasteiger partial charge in [-0.3, -0.25) is 9.59 Å². The van der Waals surface area contributed by atoms with Gasteiger partial charge in [0, 0.05) is 22.6 Å². The van der Waals surface area contributed by atoms with Gasteiger partial charge in [-0.1, -0.05) is 30.3 Å². The van der Waals surface area contributed by atoms with Crippen molar-refractivity contribution in [3.05, 3.63) is 58.1 Å². The molecule has 0 atom stereocenters. The van der Waals surface area contributed by atoms with Gasteiger partial charge in [-0.15, -0.1) is 0 Å². The summed E-state index contributed by atoms with van der Waals surface area (Å²) in [7, 11) is 1.51. The fraction of sp³-hybridized carbons (Fsp3) is 0.300. The number of carbonyl (C=O) groups is 2. The van der Waals surface area contributed by atoms with Crippen molar-refractivity contribution >= 4 is 28.1 Å². The van der Waals surface area contributed by atoms with Crippen molar-refractivity contribution in [3.8, 4) is 11.5 Å². The lowest BCUT2D eigenvalue weighted by Gasteiger charge is -2.27. The molecule has 0 N–H and O–H groups in total. The molecule has 0 fully saturated rings. The summed E-state index contributed by atoms with van der Waals surface area (Å²) >= 11 is 3.30. The molecule has 0 aliphatic heterocycles. The van der Waals surface area contributed by atoms with E-state index in [1.165, 1.54) is 7.11 Å². The molecule has 0 bridgehead atoms. The molecular formula is C20H22BrNO4. The number of benzene rings is 2. The van der Waals surface area contributed by atoms with Gasteiger partial charge in [-0.25, -0.2) is 0 Å². The van der Waals surface area contributed by atoms with Gasteiger partial charge < -0.3 is 14.4 Å². The summed E-state index contributed by atoms with van der Waals surface area (Å²) in [6.07, 6.45) is 0.716. The molecule has 0 aromatic heterocycles. The minimum Gasteiger partial charge on any atom is -0.493 e. The molecule has 0 aliphatic rings. The zero-order valence-electron chi connectivity index (χ0n) is 15.1. The summed E-state index contributed by atoms with van der Waals surface area (Å²) < 4.78 is 11.5. The lowest BCUT2D eigenvalue weighted by Crippen LogP contribution is -2.39. The zero-order valence-corrected chi connectivity index (χ0v) is 16.7. The molecule has 0 aliphatic carbocycles. The summed E-state index contributed by atoms with van der Waals surface area (Å²) in [6, 6.07) is 13.0. The molecule has 0 radical (unpaired) electrons. The van der Waals surface area contributed by atoms with Crippen LogP contribution in [0.3, 0.4) is 0 Å². The lowest BCUT2D eigenvalue weighted by molar-refractivity contribution is -0.135. The Morgan fingerprint density at radius 1 is 1.19 bits per heavy atom. The van der Waals surface area contributed by atoms with Crippen LogP contribution in [-0.2, 0) is 11.3 Å². The minimum atomic E-state index is -0.138. The van der Waals surface area contributed by atoms with E-state index in [-0.39, 0.29) is 18.6 Å². The largest absolute Gasteiger partial charge is 0.493 e. The van der Waals surface area contributed by atoms with Gasteiger partial charge in [0.05, 0.1) is 7.11 Å². The van der Waals surface area contributed by atoms with Crippen LogP contribution in [0.2, 0.25) is 0 Å². The smallest absolute Gasteiger partial charge is 0.261 e. The minimum absolute atomic E-state index is 0.0312. The van der Waals surface area contributed by atoms with E-state index >= 15 is 0 Å². The highest BCUT2D eigenvalue weighted by molar-refractivity contribution is 9.10. The summed E-state index contributed by atoms with van der Waals surface area (Å²) in [6.45, 7) is 4.30. The van der Waals surface area contributed by atoms with Crippen LogP contribution < -0.4 is 9.47 Å². The molecule has 6 heteroatoms. The van der Waals surface area contributed by atoms with Crippen molar-refractivity contribution in [1.82, 2.24) is 4.90 Å². The third-order valence-corrected chi connectivity index (χ3v) is 4.59. The van der Waals surface area contributed by atoms with E-state index in [0.717, 1.165) is 5.56 Å². The van der Waals surface area contributed by atoms with Crippen molar-refractivity contribution in [2.75, 3.05) is 13.7 Å². The Kier molecular flexibility index (Phi) is 7.21. The fourth-order valence-electron chi connectivity index (χ4n) is 2.47. The first kappa shape index (κ1) is 20.0. The van der Waals surface area contributed by atoms with Crippen LogP contribution in [0.15, 0.2) is 46.9 Å². The van der Waals surface area contributed by atoms with Crippen LogP contribution in [0.25, 0.3) is 0 Å². The second kappa shape index (κ2) is 9.38. The number of ether oxygens (including phenoxy) is 2. The summed E-state index contributed by atoms with van der Waals surface area (Å²) in [5, 5.41) is 0. The average Bonchev–Trinajstić information content (AvgIpc) is 2.65. The molecular weight excluding hydrogens is 398 g/mol. The summed E-state index contributed by atoms with van der Waals surface area (Å²) in [5.74, 6) is 0.672. The van der Waals surface area contributed by atoms with E-state index in [2.05, 4.69) is 15.9 Å². The maximum Gasteiger partial charge on any atom is 0.261 e. The molecule has 138 valence electrons. The van der Waals surface area contributed by atoms with E-state index in [4.69, 9.17) is 9.47 Å². The number of carbonyl (C=O) groups excluding carboxylic acids is 2. The highest BCUT2D eigenvalue weighted by Gasteiger charge is 2.19. The van der Waals surface area contributed by atoms with Crippen LogP contribution in [0.4, 0.5) is 0 Å². The van der Waals surface area contributed by atoms with Crippen molar-refractivity contribution < 1.29 is 19.1 Å². The van der Waals surface area contributed by atoms with E-state index in [1.54, 1.807) is 17.0 Å². The average molecular weight is 420 g/mol. The second-order valence-electron chi connectivity index (χ2n) is 6.03. The number of rotatable bonds is 8. The quantitative estimate of drug-likeness (QED) is 0.604. The number of amides is 1. The fourth-order valence-corrected chi connectivity index (χ4v) is 2.89. The normalized spacial score (nSPS) is 10.5. The molecule has 26 heavy (non-hydrogen) atoms. The molecule has 0 saturated carbocycles. The predicted octanol–water partition coefficient (Wildman–Crippen LogP) is 4.09. The second-order valence-corrected chi connectivity index (χ2v) is 6.89. The van der Waals surface area contributed by atoms with Gasteiger partial charge in [0.25, 0.3) is 5.91 Å². The standard InChI is InChI=1S/C20H22BrNO4/c1-14(2)22(11-15-7-5-4-6-8-15)20(24)13-26-19-9-16(12-23)17(21)10-18(19)25-3/h4-10,12,14H,11,13H2,1-3H3. The Morgan fingerprint density at radius 2 is 1.88 bits per heavy atom. The van der Waals surface area contributed by atoms with Crippen molar-refractivity contribution in [3.63, 3.8) is 0 Å². The van der Waals surface area contributed by atoms with Gasteiger partial charge >= 0.3 is 0 Å². The Morgan fingerprint density at radius 3 is 2.46 bits per heavy atom. The molecule has 0 saturated heterocycles. The molecule has 0 spiro atoms. The number of nitrogens with zero attached hydrogens (tertiary/aromatic N) is 1. The van der Waals surface area contributed by atoms with Gasteiger partial charge in [0.2, 0.25) is 0 Å². The highest BCUT2D eigenvalue weighted by atomic mass is 79.9. The SMILES string of the molecule is COc1cc(Br)c(C=O)cc1OCC(=O)N(Cc1ccccc1)C(C)C. The molecule has 2 rings (SSSR count). The van der Waals surface area contributed by atoms with Gasteiger partial charge in [0.1, 0.15) is 0 Å². The number of aldehydes is 1. The van der Waals surface area contributed by atoms with Crippen molar-refractivity contribution in [1.29, 1.82) is 0 Å². The Bertz CT molecular complexity index is 762. The van der Waals surface area contributed by atoms with E-state index < -0.39 is 0 Å². The monoisotopic (exact) mass is 419 g/mol. The highest BCUT2D eigenvalue weighted by Crippen LogP contribution is 2.32. The van der Waals surface area contributed by atoms with Gasteiger partial charge in [-0.05, 0) is 47.5 Å².